The van der Waals surface area contributed by atoms with Gasteiger partial charge in [-0.2, -0.15) is 4.80 Å². The summed E-state index contributed by atoms with van der Waals surface area (Å²) in [4.78, 5) is 1.41. The van der Waals surface area contributed by atoms with Gasteiger partial charge in [0.15, 0.2) is 11.5 Å². The van der Waals surface area contributed by atoms with Crippen LogP contribution in [-0.4, -0.2) is 34.4 Å². The number of benzene rings is 1. The summed E-state index contributed by atoms with van der Waals surface area (Å²) in [6, 6.07) is 5.48. The summed E-state index contributed by atoms with van der Waals surface area (Å²) in [7, 11) is 4.90. The highest BCUT2D eigenvalue weighted by molar-refractivity contribution is 5.60. The van der Waals surface area contributed by atoms with Crippen LogP contribution in [0.5, 0.6) is 11.5 Å². The zero-order valence-electron chi connectivity index (χ0n) is 9.34. The van der Waals surface area contributed by atoms with Gasteiger partial charge in [-0.25, -0.2) is 0 Å². The lowest BCUT2D eigenvalue weighted by Gasteiger charge is -2.07. The van der Waals surface area contributed by atoms with Crippen molar-refractivity contribution in [2.45, 2.75) is 0 Å². The van der Waals surface area contributed by atoms with Crippen molar-refractivity contribution in [1.82, 2.24) is 20.2 Å². The summed E-state index contributed by atoms with van der Waals surface area (Å²) < 4.78 is 10.3. The number of nitrogens with zero attached hydrogens (tertiary/aromatic N) is 4. The van der Waals surface area contributed by atoms with E-state index in [9.17, 15) is 0 Å². The van der Waals surface area contributed by atoms with E-state index in [4.69, 9.17) is 9.47 Å². The minimum absolute atomic E-state index is 0.559. The van der Waals surface area contributed by atoms with Gasteiger partial charge in [-0.3, -0.25) is 0 Å². The van der Waals surface area contributed by atoms with Crippen LogP contribution in [0.1, 0.15) is 0 Å². The van der Waals surface area contributed by atoms with Gasteiger partial charge in [-0.1, -0.05) is 0 Å². The maximum Gasteiger partial charge on any atom is 0.205 e. The summed E-state index contributed by atoms with van der Waals surface area (Å²) in [5, 5.41) is 11.8. The van der Waals surface area contributed by atoms with Crippen LogP contribution in [0.3, 0.4) is 0 Å². The van der Waals surface area contributed by atoms with Crippen molar-refractivity contribution >= 4 is 0 Å². The molecular weight excluding hydrogens is 208 g/mol. The fourth-order valence-electron chi connectivity index (χ4n) is 1.37. The second-order valence-electron chi connectivity index (χ2n) is 3.17. The summed E-state index contributed by atoms with van der Waals surface area (Å²) in [6.07, 6.45) is 0. The highest BCUT2D eigenvalue weighted by Gasteiger charge is 2.09. The Morgan fingerprint density at radius 3 is 2.44 bits per heavy atom. The number of tetrazole rings is 1. The van der Waals surface area contributed by atoms with Crippen LogP contribution in [-0.2, 0) is 7.05 Å². The molecule has 1 heterocycles. The molecule has 16 heavy (non-hydrogen) atoms. The molecule has 0 N–H and O–H groups in total. The highest BCUT2D eigenvalue weighted by Crippen LogP contribution is 2.30. The van der Waals surface area contributed by atoms with Crippen molar-refractivity contribution in [3.8, 4) is 22.9 Å². The molecule has 6 nitrogen and oxygen atoms in total. The molecule has 1 aromatic heterocycles. The summed E-state index contributed by atoms with van der Waals surface area (Å²) in [5.74, 6) is 1.88. The molecule has 0 amide bonds. The maximum absolute atomic E-state index is 5.20. The predicted octanol–water partition coefficient (Wildman–Crippen LogP) is 0.894. The normalized spacial score (nSPS) is 10.2. The van der Waals surface area contributed by atoms with Crippen molar-refractivity contribution in [3.63, 3.8) is 0 Å². The molecule has 0 saturated heterocycles. The number of aromatic nitrogens is 4. The molecule has 1 aromatic carbocycles. The quantitative estimate of drug-likeness (QED) is 0.768. The molecule has 6 heteroatoms. The van der Waals surface area contributed by atoms with Crippen LogP contribution < -0.4 is 9.47 Å². The van der Waals surface area contributed by atoms with Gasteiger partial charge in [0, 0.05) is 5.56 Å². The maximum atomic E-state index is 5.20. The molecule has 0 unspecified atom stereocenters. The van der Waals surface area contributed by atoms with Crippen LogP contribution in [0.15, 0.2) is 18.2 Å². The largest absolute Gasteiger partial charge is 0.493 e. The van der Waals surface area contributed by atoms with Crippen LogP contribution in [0.4, 0.5) is 0 Å². The van der Waals surface area contributed by atoms with Crippen molar-refractivity contribution in [2.24, 2.45) is 7.05 Å². The lowest BCUT2D eigenvalue weighted by atomic mass is 10.2. The van der Waals surface area contributed by atoms with E-state index < -0.39 is 0 Å². The molecule has 84 valence electrons. The lowest BCUT2D eigenvalue weighted by Crippen LogP contribution is -1.93. The number of hydrogen-bond acceptors (Lipinski definition) is 5. The van der Waals surface area contributed by atoms with Crippen LogP contribution >= 0.6 is 0 Å². The number of hydrogen-bond donors (Lipinski definition) is 0. The van der Waals surface area contributed by atoms with Gasteiger partial charge < -0.3 is 9.47 Å². The van der Waals surface area contributed by atoms with Crippen molar-refractivity contribution in [1.29, 1.82) is 0 Å². The fourth-order valence-corrected chi connectivity index (χ4v) is 1.37. The topological polar surface area (TPSA) is 62.1 Å². The molecule has 0 saturated carbocycles. The fraction of sp³-hybridized carbons (Fsp3) is 0.300. The molecule has 0 spiro atoms. The predicted molar refractivity (Wildman–Crippen MR) is 57.3 cm³/mol. The molecular formula is C10H12N4O2. The first-order valence-electron chi connectivity index (χ1n) is 4.71. The zero-order chi connectivity index (χ0) is 11.5. The van der Waals surface area contributed by atoms with E-state index in [2.05, 4.69) is 15.4 Å². The summed E-state index contributed by atoms with van der Waals surface area (Å²) in [5.41, 5.74) is 0.839. The van der Waals surface area contributed by atoms with E-state index in [1.54, 1.807) is 21.3 Å². The Hall–Kier alpha value is -2.11. The molecule has 0 radical (unpaired) electrons. The minimum atomic E-state index is 0.559. The van der Waals surface area contributed by atoms with Gasteiger partial charge >= 0.3 is 0 Å². The highest BCUT2D eigenvalue weighted by atomic mass is 16.5. The molecule has 0 bridgehead atoms. The molecule has 0 fully saturated rings. The van der Waals surface area contributed by atoms with Crippen LogP contribution in [0.2, 0.25) is 0 Å². The second-order valence-corrected chi connectivity index (χ2v) is 3.17. The van der Waals surface area contributed by atoms with E-state index >= 15 is 0 Å². The van der Waals surface area contributed by atoms with Crippen molar-refractivity contribution in [3.05, 3.63) is 18.2 Å². The van der Waals surface area contributed by atoms with Crippen LogP contribution in [0.25, 0.3) is 11.4 Å². The minimum Gasteiger partial charge on any atom is -0.493 e. The molecule has 2 rings (SSSR count). The number of rotatable bonds is 3. The van der Waals surface area contributed by atoms with Gasteiger partial charge in [0.05, 0.1) is 21.3 Å². The molecule has 0 aliphatic heterocycles. The van der Waals surface area contributed by atoms with E-state index in [-0.39, 0.29) is 0 Å². The second kappa shape index (κ2) is 4.18. The Balaban J connectivity index is 2.43. The Morgan fingerprint density at radius 1 is 1.12 bits per heavy atom. The first kappa shape index (κ1) is 10.4. The third kappa shape index (κ3) is 1.81. The van der Waals surface area contributed by atoms with Crippen molar-refractivity contribution in [2.75, 3.05) is 14.2 Å². The summed E-state index contributed by atoms with van der Waals surface area (Å²) >= 11 is 0. The Bertz CT molecular complexity index is 495. The van der Waals surface area contributed by atoms with Gasteiger partial charge in [0.1, 0.15) is 0 Å². The summed E-state index contributed by atoms with van der Waals surface area (Å²) in [6.45, 7) is 0. The first-order valence-corrected chi connectivity index (χ1v) is 4.71. The number of methoxy groups -OCH3 is 2. The van der Waals surface area contributed by atoms with E-state index in [0.717, 1.165) is 5.56 Å². The molecule has 0 aliphatic carbocycles. The number of ether oxygens (including phenoxy) is 2. The monoisotopic (exact) mass is 220 g/mol. The van der Waals surface area contributed by atoms with Crippen LogP contribution in [0, 0.1) is 0 Å². The number of aryl methyl sites for hydroxylation is 1. The standard InChI is InChI=1S/C10H12N4O2/c1-14-12-10(11-13-14)7-4-5-8(15-2)9(6-7)16-3/h4-6H,1-3H3. The molecule has 0 atom stereocenters. The van der Waals surface area contributed by atoms with E-state index in [1.807, 2.05) is 18.2 Å². The van der Waals surface area contributed by atoms with Gasteiger partial charge in [-0.15, -0.1) is 10.2 Å². The molecule has 2 aromatic rings. The molecule has 0 aliphatic rings. The lowest BCUT2D eigenvalue weighted by molar-refractivity contribution is 0.355. The average molecular weight is 220 g/mol. The van der Waals surface area contributed by atoms with Gasteiger partial charge in [0.2, 0.25) is 5.82 Å². The zero-order valence-corrected chi connectivity index (χ0v) is 9.34. The third-order valence-corrected chi connectivity index (χ3v) is 2.15. The smallest absolute Gasteiger partial charge is 0.205 e. The SMILES string of the molecule is COc1ccc(-c2nnn(C)n2)cc1OC. The van der Waals surface area contributed by atoms with Crippen molar-refractivity contribution < 1.29 is 9.47 Å². The average Bonchev–Trinajstić information content (AvgIpc) is 2.75. The third-order valence-electron chi connectivity index (χ3n) is 2.15. The van der Waals surface area contributed by atoms with E-state index in [1.165, 1.54) is 4.80 Å². The Labute approximate surface area is 92.8 Å². The van der Waals surface area contributed by atoms with Gasteiger partial charge in [0.25, 0.3) is 0 Å². The Morgan fingerprint density at radius 2 is 1.88 bits per heavy atom. The Kier molecular flexibility index (Phi) is 2.72. The first-order chi connectivity index (χ1) is 7.74. The van der Waals surface area contributed by atoms with Gasteiger partial charge in [-0.05, 0) is 23.4 Å². The van der Waals surface area contributed by atoms with E-state index in [0.29, 0.717) is 17.3 Å².